The number of hydrogen-bond acceptors (Lipinski definition) is 8. The molecule has 1 aromatic heterocycles. The van der Waals surface area contributed by atoms with E-state index in [-0.39, 0.29) is 53.5 Å². The summed E-state index contributed by atoms with van der Waals surface area (Å²) in [5, 5.41) is 2.30. The standard InChI is InChI=1S/C18H19F3N4O5S2/c1-29-14-3-2-12(32(27,28)25-6-8-30-9-7-25)10-13(14)23-16(26)11-31-17-22-5-4-15(24-17)18(19,20)21/h2-5,10H,6-9,11H2,1H3,(H,23,26). The zero-order valence-corrected chi connectivity index (χ0v) is 18.4. The van der Waals surface area contributed by atoms with Crippen molar-refractivity contribution < 1.29 is 35.9 Å². The summed E-state index contributed by atoms with van der Waals surface area (Å²) in [5.41, 5.74) is -1.00. The summed E-state index contributed by atoms with van der Waals surface area (Å²) < 4.78 is 75.6. The second-order valence-corrected chi connectivity index (χ2v) is 9.32. The summed E-state index contributed by atoms with van der Waals surface area (Å²) in [6, 6.07) is 4.78. The lowest BCUT2D eigenvalue weighted by Gasteiger charge is -2.26. The van der Waals surface area contributed by atoms with Crippen LogP contribution in [0.5, 0.6) is 5.75 Å². The van der Waals surface area contributed by atoms with Gasteiger partial charge >= 0.3 is 6.18 Å². The van der Waals surface area contributed by atoms with Gasteiger partial charge in [0.2, 0.25) is 15.9 Å². The maximum atomic E-state index is 12.9. The van der Waals surface area contributed by atoms with Gasteiger partial charge in [0.1, 0.15) is 11.4 Å². The predicted octanol–water partition coefficient (Wildman–Crippen LogP) is 2.26. The number of aromatic nitrogens is 2. The number of halogens is 3. The van der Waals surface area contributed by atoms with E-state index in [9.17, 15) is 26.4 Å². The van der Waals surface area contributed by atoms with Crippen molar-refractivity contribution in [3.05, 3.63) is 36.2 Å². The van der Waals surface area contributed by atoms with Crippen LogP contribution in [0.3, 0.4) is 0 Å². The second kappa shape index (κ2) is 10.0. The van der Waals surface area contributed by atoms with Crippen molar-refractivity contribution in [2.75, 3.05) is 44.5 Å². The van der Waals surface area contributed by atoms with Crippen LogP contribution in [0.2, 0.25) is 0 Å². The third-order valence-corrected chi connectivity index (χ3v) is 7.07. The van der Waals surface area contributed by atoms with Gasteiger partial charge in [-0.2, -0.15) is 17.5 Å². The number of carbonyl (C=O) groups excluding carboxylic acids is 1. The average molecular weight is 493 g/mol. The van der Waals surface area contributed by atoms with Crippen LogP contribution in [0.4, 0.5) is 18.9 Å². The molecule has 174 valence electrons. The minimum Gasteiger partial charge on any atom is -0.495 e. The van der Waals surface area contributed by atoms with E-state index in [1.54, 1.807) is 0 Å². The Morgan fingerprint density at radius 1 is 1.28 bits per heavy atom. The maximum Gasteiger partial charge on any atom is 0.433 e. The molecule has 3 rings (SSSR count). The molecule has 1 N–H and O–H groups in total. The van der Waals surface area contributed by atoms with Gasteiger partial charge in [0.25, 0.3) is 0 Å². The highest BCUT2D eigenvalue weighted by atomic mass is 32.2. The van der Waals surface area contributed by atoms with E-state index < -0.39 is 27.8 Å². The average Bonchev–Trinajstić information content (AvgIpc) is 2.78. The van der Waals surface area contributed by atoms with Gasteiger partial charge in [-0.3, -0.25) is 4.79 Å². The molecule has 0 bridgehead atoms. The molecule has 32 heavy (non-hydrogen) atoms. The van der Waals surface area contributed by atoms with Gasteiger partial charge in [-0.1, -0.05) is 11.8 Å². The first-order chi connectivity index (χ1) is 15.1. The fourth-order valence-corrected chi connectivity index (χ4v) is 4.83. The lowest BCUT2D eigenvalue weighted by atomic mass is 10.3. The molecule has 1 saturated heterocycles. The smallest absolute Gasteiger partial charge is 0.433 e. The number of anilines is 1. The van der Waals surface area contributed by atoms with E-state index >= 15 is 0 Å². The number of morpholine rings is 1. The van der Waals surface area contributed by atoms with Gasteiger partial charge in [0, 0.05) is 19.3 Å². The fraction of sp³-hybridized carbons (Fsp3) is 0.389. The van der Waals surface area contributed by atoms with Gasteiger partial charge in [0.05, 0.1) is 36.7 Å². The topological polar surface area (TPSA) is 111 Å². The number of ether oxygens (including phenoxy) is 2. The van der Waals surface area contributed by atoms with E-state index in [1.165, 1.54) is 29.6 Å². The molecule has 2 aromatic rings. The highest BCUT2D eigenvalue weighted by Gasteiger charge is 2.33. The van der Waals surface area contributed by atoms with E-state index in [2.05, 4.69) is 15.3 Å². The summed E-state index contributed by atoms with van der Waals surface area (Å²) in [7, 11) is -2.45. The normalized spacial score (nSPS) is 15.4. The Labute approximate surface area is 186 Å². The molecule has 0 unspecified atom stereocenters. The molecule has 14 heteroatoms. The minimum atomic E-state index is -4.62. The van der Waals surface area contributed by atoms with E-state index in [0.29, 0.717) is 11.8 Å². The first kappa shape index (κ1) is 24.2. The third-order valence-electron chi connectivity index (χ3n) is 4.31. The number of rotatable bonds is 7. The summed E-state index contributed by atoms with van der Waals surface area (Å²) in [6.07, 6.45) is -3.67. The SMILES string of the molecule is COc1ccc(S(=O)(=O)N2CCOCC2)cc1NC(=O)CSc1nccc(C(F)(F)F)n1. The molecule has 1 amide bonds. The van der Waals surface area contributed by atoms with Crippen LogP contribution in [0.25, 0.3) is 0 Å². The Kier molecular flexibility index (Phi) is 7.59. The number of hydrogen-bond donors (Lipinski definition) is 1. The van der Waals surface area contributed by atoms with Gasteiger partial charge < -0.3 is 14.8 Å². The Hall–Kier alpha value is -2.42. The van der Waals surface area contributed by atoms with E-state index in [0.717, 1.165) is 12.3 Å². The van der Waals surface area contributed by atoms with Crippen molar-refractivity contribution in [3.8, 4) is 5.75 Å². The number of thioether (sulfide) groups is 1. The molecule has 0 atom stereocenters. The van der Waals surface area contributed by atoms with Crippen LogP contribution in [0.1, 0.15) is 5.69 Å². The summed E-state index contributed by atoms with van der Waals surface area (Å²) in [6.45, 7) is 0.995. The number of amides is 1. The monoisotopic (exact) mass is 492 g/mol. The van der Waals surface area contributed by atoms with Crippen LogP contribution in [-0.2, 0) is 25.7 Å². The summed E-state index contributed by atoms with van der Waals surface area (Å²) in [5.74, 6) is -0.680. The van der Waals surface area contributed by atoms with E-state index in [4.69, 9.17) is 9.47 Å². The summed E-state index contributed by atoms with van der Waals surface area (Å²) >= 11 is 0.709. The fourth-order valence-electron chi connectivity index (χ4n) is 2.77. The molecular formula is C18H19F3N4O5S2. The molecule has 1 aliphatic heterocycles. The Morgan fingerprint density at radius 2 is 2.00 bits per heavy atom. The zero-order valence-electron chi connectivity index (χ0n) is 16.8. The lowest BCUT2D eigenvalue weighted by molar-refractivity contribution is -0.141. The van der Waals surface area contributed by atoms with Crippen LogP contribution in [0, 0.1) is 0 Å². The van der Waals surface area contributed by atoms with E-state index in [1.807, 2.05) is 0 Å². The van der Waals surface area contributed by atoms with Crippen molar-refractivity contribution in [2.24, 2.45) is 0 Å². The van der Waals surface area contributed by atoms with Crippen molar-refractivity contribution in [3.63, 3.8) is 0 Å². The molecular weight excluding hydrogens is 473 g/mol. The van der Waals surface area contributed by atoms with Crippen molar-refractivity contribution >= 4 is 33.4 Å². The molecule has 0 aliphatic carbocycles. The molecule has 1 aromatic carbocycles. The van der Waals surface area contributed by atoms with Crippen LogP contribution >= 0.6 is 11.8 Å². The van der Waals surface area contributed by atoms with Crippen molar-refractivity contribution in [2.45, 2.75) is 16.2 Å². The number of carbonyl (C=O) groups is 1. The largest absolute Gasteiger partial charge is 0.495 e. The predicted molar refractivity (Wildman–Crippen MR) is 109 cm³/mol. The molecule has 1 fully saturated rings. The number of nitrogens with one attached hydrogen (secondary N) is 1. The lowest BCUT2D eigenvalue weighted by Crippen LogP contribution is -2.40. The quantitative estimate of drug-likeness (QED) is 0.463. The number of benzene rings is 1. The molecule has 1 aliphatic rings. The van der Waals surface area contributed by atoms with Gasteiger partial charge in [-0.15, -0.1) is 0 Å². The first-order valence-corrected chi connectivity index (χ1v) is 11.6. The maximum absolute atomic E-state index is 12.9. The number of alkyl halides is 3. The molecule has 0 radical (unpaired) electrons. The molecule has 2 heterocycles. The molecule has 0 saturated carbocycles. The third kappa shape index (κ3) is 5.88. The number of sulfonamides is 1. The van der Waals surface area contributed by atoms with Gasteiger partial charge in [-0.25, -0.2) is 18.4 Å². The van der Waals surface area contributed by atoms with Crippen LogP contribution < -0.4 is 10.1 Å². The Bertz CT molecular complexity index is 1080. The van der Waals surface area contributed by atoms with Crippen molar-refractivity contribution in [1.29, 1.82) is 0 Å². The Balaban J connectivity index is 1.72. The minimum absolute atomic E-state index is 0.0376. The Morgan fingerprint density at radius 3 is 2.66 bits per heavy atom. The van der Waals surface area contributed by atoms with Crippen LogP contribution in [0.15, 0.2) is 40.5 Å². The number of methoxy groups -OCH3 is 1. The first-order valence-electron chi connectivity index (χ1n) is 9.20. The zero-order chi connectivity index (χ0) is 23.4. The van der Waals surface area contributed by atoms with Crippen molar-refractivity contribution in [1.82, 2.24) is 14.3 Å². The highest BCUT2D eigenvalue weighted by Crippen LogP contribution is 2.30. The summed E-state index contributed by atoms with van der Waals surface area (Å²) in [4.78, 5) is 19.4. The highest BCUT2D eigenvalue weighted by molar-refractivity contribution is 7.99. The second-order valence-electron chi connectivity index (χ2n) is 6.44. The molecule has 0 spiro atoms. The van der Waals surface area contributed by atoms with Gasteiger partial charge in [0.15, 0.2) is 5.16 Å². The van der Waals surface area contributed by atoms with Crippen LogP contribution in [-0.4, -0.2) is 67.8 Å². The number of nitrogens with zero attached hydrogens (tertiary/aromatic N) is 3. The van der Waals surface area contributed by atoms with Gasteiger partial charge in [-0.05, 0) is 24.3 Å². The molecule has 9 nitrogen and oxygen atoms in total.